The van der Waals surface area contributed by atoms with Crippen LogP contribution in [0.4, 0.5) is 27.4 Å². The lowest BCUT2D eigenvalue weighted by Crippen LogP contribution is -2.01. The summed E-state index contributed by atoms with van der Waals surface area (Å²) in [6.07, 6.45) is 0. The minimum atomic E-state index is -0.638. The second kappa shape index (κ2) is 5.07. The van der Waals surface area contributed by atoms with E-state index in [1.165, 1.54) is 30.3 Å². The Balaban J connectivity index is 2.31. The first-order valence-electron chi connectivity index (χ1n) is 5.10. The van der Waals surface area contributed by atoms with Crippen molar-refractivity contribution in [1.29, 1.82) is 0 Å². The van der Waals surface area contributed by atoms with Crippen molar-refractivity contribution in [1.82, 2.24) is 4.98 Å². The van der Waals surface area contributed by atoms with Gasteiger partial charge in [-0.05, 0) is 24.3 Å². The molecule has 1 heterocycles. The van der Waals surface area contributed by atoms with Crippen molar-refractivity contribution in [2.24, 2.45) is 0 Å². The van der Waals surface area contributed by atoms with Crippen LogP contribution in [0.15, 0.2) is 30.3 Å². The maximum absolute atomic E-state index is 13.1. The van der Waals surface area contributed by atoms with Gasteiger partial charge in [0.05, 0.1) is 15.6 Å². The van der Waals surface area contributed by atoms with E-state index < -0.39 is 10.7 Å². The maximum Gasteiger partial charge on any atom is 0.311 e. The van der Waals surface area contributed by atoms with E-state index in [1.807, 2.05) is 0 Å². The summed E-state index contributed by atoms with van der Waals surface area (Å²) in [5.41, 5.74) is 5.44. The molecule has 0 bridgehead atoms. The summed E-state index contributed by atoms with van der Waals surface area (Å²) >= 11 is 5.87. The molecule has 0 fully saturated rings. The Bertz CT molecular complexity index is 651. The minimum absolute atomic E-state index is 0.232. The van der Waals surface area contributed by atoms with Crippen LogP contribution < -0.4 is 11.1 Å². The zero-order valence-electron chi connectivity index (χ0n) is 9.43. The molecule has 6 nitrogen and oxygen atoms in total. The van der Waals surface area contributed by atoms with E-state index in [-0.39, 0.29) is 17.3 Å². The van der Waals surface area contributed by atoms with Crippen LogP contribution in [-0.2, 0) is 0 Å². The van der Waals surface area contributed by atoms with Gasteiger partial charge in [0.15, 0.2) is 0 Å². The van der Waals surface area contributed by atoms with Crippen LogP contribution in [0.1, 0.15) is 0 Å². The van der Waals surface area contributed by atoms with Crippen molar-refractivity contribution in [3.05, 3.63) is 51.3 Å². The van der Waals surface area contributed by atoms with E-state index in [4.69, 9.17) is 17.3 Å². The molecule has 3 N–H and O–H groups in total. The number of nitrogens with one attached hydrogen (secondary N) is 1. The molecular weight excluding hydrogens is 275 g/mol. The zero-order valence-corrected chi connectivity index (χ0v) is 10.2. The summed E-state index contributed by atoms with van der Waals surface area (Å²) in [6.45, 7) is 0. The van der Waals surface area contributed by atoms with Gasteiger partial charge in [0.25, 0.3) is 0 Å². The number of halogens is 2. The van der Waals surface area contributed by atoms with Crippen LogP contribution in [0.2, 0.25) is 5.02 Å². The fourth-order valence-electron chi connectivity index (χ4n) is 1.42. The molecule has 0 amide bonds. The van der Waals surface area contributed by atoms with Crippen molar-refractivity contribution in [3.63, 3.8) is 0 Å². The minimum Gasteiger partial charge on any atom is -0.378 e. The Hall–Kier alpha value is -2.41. The number of nitrogens with two attached hydrogens (primary N) is 1. The van der Waals surface area contributed by atoms with Crippen LogP contribution >= 0.6 is 11.6 Å². The second-order valence-corrected chi connectivity index (χ2v) is 4.01. The van der Waals surface area contributed by atoms with E-state index in [0.29, 0.717) is 10.7 Å². The van der Waals surface area contributed by atoms with E-state index in [2.05, 4.69) is 10.3 Å². The average molecular weight is 283 g/mol. The number of benzene rings is 1. The molecule has 0 saturated carbocycles. The smallest absolute Gasteiger partial charge is 0.311 e. The number of pyridine rings is 1. The van der Waals surface area contributed by atoms with Gasteiger partial charge < -0.3 is 11.1 Å². The highest BCUT2D eigenvalue weighted by Crippen LogP contribution is 2.27. The topological polar surface area (TPSA) is 94.1 Å². The normalized spacial score (nSPS) is 10.2. The number of nitro groups is 1. The Morgan fingerprint density at radius 1 is 1.37 bits per heavy atom. The van der Waals surface area contributed by atoms with Crippen molar-refractivity contribution in [2.45, 2.75) is 0 Å². The highest BCUT2D eigenvalue weighted by molar-refractivity contribution is 6.33. The summed E-state index contributed by atoms with van der Waals surface area (Å²) in [7, 11) is 0. The first-order chi connectivity index (χ1) is 8.97. The van der Waals surface area contributed by atoms with Crippen LogP contribution in [0.25, 0.3) is 0 Å². The van der Waals surface area contributed by atoms with Gasteiger partial charge >= 0.3 is 5.69 Å². The second-order valence-electron chi connectivity index (χ2n) is 3.61. The van der Waals surface area contributed by atoms with Crippen molar-refractivity contribution >= 4 is 34.6 Å². The Morgan fingerprint density at radius 2 is 2.11 bits per heavy atom. The van der Waals surface area contributed by atoms with E-state index in [1.54, 1.807) is 0 Å². The highest BCUT2D eigenvalue weighted by atomic mass is 35.5. The molecule has 2 aromatic rings. The number of nitrogen functional groups attached to an aromatic ring is 1. The molecule has 1 aromatic carbocycles. The van der Waals surface area contributed by atoms with Gasteiger partial charge in [-0.25, -0.2) is 9.37 Å². The number of hydrogen-bond acceptors (Lipinski definition) is 5. The highest BCUT2D eigenvalue weighted by Gasteiger charge is 2.13. The Morgan fingerprint density at radius 3 is 2.74 bits per heavy atom. The molecule has 0 unspecified atom stereocenters. The fraction of sp³-hybridized carbons (Fsp3) is 0. The third-order valence-corrected chi connectivity index (χ3v) is 2.62. The molecule has 0 aliphatic rings. The Kier molecular flexibility index (Phi) is 3.48. The molecule has 0 atom stereocenters. The molecule has 1 aromatic heterocycles. The van der Waals surface area contributed by atoms with E-state index in [0.717, 1.165) is 0 Å². The largest absolute Gasteiger partial charge is 0.378 e. The molecule has 0 aliphatic carbocycles. The number of nitrogens with zero attached hydrogens (tertiary/aromatic N) is 2. The van der Waals surface area contributed by atoms with Gasteiger partial charge in [-0.15, -0.1) is 0 Å². The first-order valence-corrected chi connectivity index (χ1v) is 5.48. The molecule has 8 heteroatoms. The maximum atomic E-state index is 13.1. The van der Waals surface area contributed by atoms with Crippen molar-refractivity contribution in [3.8, 4) is 0 Å². The van der Waals surface area contributed by atoms with Gasteiger partial charge in [0.2, 0.25) is 5.82 Å². The lowest BCUT2D eigenvalue weighted by molar-refractivity contribution is -0.384. The molecule has 2 rings (SSSR count). The molecule has 98 valence electrons. The van der Waals surface area contributed by atoms with Crippen LogP contribution in [0.5, 0.6) is 0 Å². The van der Waals surface area contributed by atoms with E-state index in [9.17, 15) is 14.5 Å². The van der Waals surface area contributed by atoms with E-state index >= 15 is 0 Å². The van der Waals surface area contributed by atoms with Gasteiger partial charge in [-0.2, -0.15) is 0 Å². The first kappa shape index (κ1) is 13.0. The molecular formula is C11H8ClFN4O2. The molecule has 0 spiro atoms. The average Bonchev–Trinajstić information content (AvgIpc) is 2.33. The van der Waals surface area contributed by atoms with Crippen LogP contribution in [-0.4, -0.2) is 9.91 Å². The van der Waals surface area contributed by atoms with Gasteiger partial charge in [-0.1, -0.05) is 11.6 Å². The summed E-state index contributed by atoms with van der Waals surface area (Å²) < 4.78 is 13.1. The lowest BCUT2D eigenvalue weighted by atomic mass is 10.3. The zero-order chi connectivity index (χ0) is 14.0. The van der Waals surface area contributed by atoms with Crippen molar-refractivity contribution < 1.29 is 9.31 Å². The number of hydrogen-bond donors (Lipinski definition) is 2. The standard InChI is InChI=1S/C11H8ClFN4O2/c12-7-2-1-6(13)5-8(7)15-10-4-3-9(17(18)19)11(14)16-10/h1-5H,(H3,14,15,16). The number of rotatable bonds is 3. The predicted octanol–water partition coefficient (Wildman–Crippen LogP) is 3.11. The fourth-order valence-corrected chi connectivity index (χ4v) is 1.59. The quantitative estimate of drug-likeness (QED) is 0.666. The molecule has 0 aliphatic heterocycles. The summed E-state index contributed by atoms with van der Waals surface area (Å²) in [5, 5.41) is 13.6. The summed E-state index contributed by atoms with van der Waals surface area (Å²) in [4.78, 5) is 13.8. The summed E-state index contributed by atoms with van der Waals surface area (Å²) in [6, 6.07) is 6.34. The molecule has 0 saturated heterocycles. The SMILES string of the molecule is Nc1nc(Nc2cc(F)ccc2Cl)ccc1[N+](=O)[O-]. The van der Waals surface area contributed by atoms with Gasteiger partial charge in [0, 0.05) is 6.07 Å². The monoisotopic (exact) mass is 282 g/mol. The summed E-state index contributed by atoms with van der Waals surface area (Å²) in [5.74, 6) is -0.472. The van der Waals surface area contributed by atoms with Crippen LogP contribution in [0, 0.1) is 15.9 Å². The van der Waals surface area contributed by atoms with Gasteiger partial charge in [0.1, 0.15) is 11.6 Å². The van der Waals surface area contributed by atoms with Crippen LogP contribution in [0.3, 0.4) is 0 Å². The number of anilines is 3. The lowest BCUT2D eigenvalue weighted by Gasteiger charge is -2.08. The molecule has 0 radical (unpaired) electrons. The number of aromatic nitrogens is 1. The molecule has 19 heavy (non-hydrogen) atoms. The third-order valence-electron chi connectivity index (χ3n) is 2.29. The van der Waals surface area contributed by atoms with Crippen molar-refractivity contribution in [2.75, 3.05) is 11.1 Å². The third kappa shape index (κ3) is 2.89. The predicted molar refractivity (Wildman–Crippen MR) is 70.0 cm³/mol. The Labute approximate surface area is 112 Å². The van der Waals surface area contributed by atoms with Gasteiger partial charge in [-0.3, -0.25) is 10.1 Å².